The molecule has 0 unspecified atom stereocenters. The molecule has 128 valence electrons. The smallest absolute Gasteiger partial charge is 0.255 e. The van der Waals surface area contributed by atoms with Crippen molar-refractivity contribution in [2.45, 2.75) is 32.7 Å². The quantitative estimate of drug-likeness (QED) is 0.869. The highest BCUT2D eigenvalue weighted by atomic mass is 16.2. The van der Waals surface area contributed by atoms with Crippen LogP contribution in [-0.4, -0.2) is 46.2 Å². The molecule has 0 saturated carbocycles. The number of aryl methyl sites for hydroxylation is 2. The van der Waals surface area contributed by atoms with E-state index in [9.17, 15) is 4.79 Å². The Morgan fingerprint density at radius 3 is 2.58 bits per heavy atom. The van der Waals surface area contributed by atoms with Gasteiger partial charge in [0.25, 0.3) is 5.91 Å². The number of likely N-dealkylation sites (tertiary alicyclic amines) is 1. The molecule has 2 aromatic heterocycles. The van der Waals surface area contributed by atoms with Gasteiger partial charge in [-0.05, 0) is 38.8 Å². The molecule has 0 aliphatic carbocycles. The molecule has 0 radical (unpaired) electrons. The minimum Gasteiger partial charge on any atom is -0.363 e. The molecule has 24 heavy (non-hydrogen) atoms. The number of carbonyl (C=O) groups excluding carboxylic acids is 1. The van der Waals surface area contributed by atoms with Crippen LogP contribution in [0.4, 0.5) is 5.82 Å². The first-order valence-electron chi connectivity index (χ1n) is 8.34. The Balaban J connectivity index is 1.88. The summed E-state index contributed by atoms with van der Waals surface area (Å²) in [5.74, 6) is 0.904. The summed E-state index contributed by atoms with van der Waals surface area (Å²) in [4.78, 5) is 21.3. The lowest BCUT2D eigenvalue weighted by molar-refractivity contribution is 0.0734. The van der Waals surface area contributed by atoms with Crippen LogP contribution < -0.4 is 4.90 Å². The molecular weight excluding hydrogens is 302 g/mol. The van der Waals surface area contributed by atoms with Gasteiger partial charge in [-0.2, -0.15) is 5.10 Å². The Labute approximate surface area is 143 Å². The zero-order chi connectivity index (χ0) is 17.4. The van der Waals surface area contributed by atoms with Crippen molar-refractivity contribution in [2.24, 2.45) is 7.05 Å². The normalized spacial score (nSPS) is 17.4. The summed E-state index contributed by atoms with van der Waals surface area (Å²) in [5.41, 5.74) is 3.99. The number of hydrogen-bond donors (Lipinski definition) is 0. The van der Waals surface area contributed by atoms with Gasteiger partial charge in [-0.25, -0.2) is 4.98 Å². The van der Waals surface area contributed by atoms with Gasteiger partial charge in [0, 0.05) is 45.1 Å². The van der Waals surface area contributed by atoms with Crippen LogP contribution >= 0.6 is 0 Å². The van der Waals surface area contributed by atoms with Crippen molar-refractivity contribution in [3.63, 3.8) is 0 Å². The van der Waals surface area contributed by atoms with Crippen molar-refractivity contribution in [1.82, 2.24) is 19.7 Å². The average molecular weight is 327 g/mol. The maximum absolute atomic E-state index is 13.0. The standard InChI is InChI=1S/C18H25N5O/c1-12-17(13(2)22(5)20-12)15-7-6-10-23(15)18(24)14-8-9-16(19-11-14)21(3)4/h8-9,11,15H,6-7,10H2,1-5H3/t15-/m1/s1. The van der Waals surface area contributed by atoms with Crippen molar-refractivity contribution in [2.75, 3.05) is 25.5 Å². The molecule has 0 spiro atoms. The molecule has 6 nitrogen and oxygen atoms in total. The van der Waals surface area contributed by atoms with Crippen molar-refractivity contribution in [1.29, 1.82) is 0 Å². The minimum atomic E-state index is 0.0537. The van der Waals surface area contributed by atoms with Crippen LogP contribution in [0.2, 0.25) is 0 Å². The SMILES string of the molecule is Cc1nn(C)c(C)c1[C@H]1CCCN1C(=O)c1ccc(N(C)C)nc1. The van der Waals surface area contributed by atoms with Gasteiger partial charge in [0.05, 0.1) is 17.3 Å². The Morgan fingerprint density at radius 1 is 1.29 bits per heavy atom. The molecule has 0 bridgehead atoms. The van der Waals surface area contributed by atoms with Gasteiger partial charge in [-0.1, -0.05) is 0 Å². The number of amides is 1. The largest absolute Gasteiger partial charge is 0.363 e. The van der Waals surface area contributed by atoms with Crippen LogP contribution in [0, 0.1) is 13.8 Å². The lowest BCUT2D eigenvalue weighted by Crippen LogP contribution is -2.31. The van der Waals surface area contributed by atoms with Gasteiger partial charge in [-0.15, -0.1) is 0 Å². The minimum absolute atomic E-state index is 0.0537. The molecule has 3 heterocycles. The third-order valence-corrected chi connectivity index (χ3v) is 4.86. The molecule has 1 aliphatic rings. The van der Waals surface area contributed by atoms with Crippen molar-refractivity contribution < 1.29 is 4.79 Å². The van der Waals surface area contributed by atoms with E-state index in [1.54, 1.807) is 6.20 Å². The number of anilines is 1. The maximum atomic E-state index is 13.0. The molecule has 1 fully saturated rings. The number of nitrogens with zero attached hydrogens (tertiary/aromatic N) is 5. The topological polar surface area (TPSA) is 54.3 Å². The predicted molar refractivity (Wildman–Crippen MR) is 94.3 cm³/mol. The van der Waals surface area contributed by atoms with Crippen LogP contribution in [0.1, 0.15) is 46.2 Å². The second-order valence-corrected chi connectivity index (χ2v) is 6.66. The monoisotopic (exact) mass is 327 g/mol. The van der Waals surface area contributed by atoms with Crippen LogP contribution in [0.15, 0.2) is 18.3 Å². The Kier molecular flexibility index (Phi) is 4.30. The number of carbonyl (C=O) groups is 1. The number of rotatable bonds is 3. The summed E-state index contributed by atoms with van der Waals surface area (Å²) < 4.78 is 1.90. The zero-order valence-electron chi connectivity index (χ0n) is 15.1. The maximum Gasteiger partial charge on any atom is 0.255 e. The van der Waals surface area contributed by atoms with Crippen LogP contribution in [0.25, 0.3) is 0 Å². The molecule has 1 aliphatic heterocycles. The molecule has 1 amide bonds. The van der Waals surface area contributed by atoms with E-state index < -0.39 is 0 Å². The second-order valence-electron chi connectivity index (χ2n) is 6.66. The molecule has 1 atom stereocenters. The van der Waals surface area contributed by atoms with E-state index in [2.05, 4.69) is 17.0 Å². The van der Waals surface area contributed by atoms with E-state index in [4.69, 9.17) is 0 Å². The Bertz CT molecular complexity index is 748. The molecule has 0 N–H and O–H groups in total. The first-order chi connectivity index (χ1) is 11.4. The van der Waals surface area contributed by atoms with Crippen molar-refractivity contribution >= 4 is 11.7 Å². The van der Waals surface area contributed by atoms with Crippen LogP contribution in [0.3, 0.4) is 0 Å². The third-order valence-electron chi connectivity index (χ3n) is 4.86. The number of aromatic nitrogens is 3. The van der Waals surface area contributed by atoms with Gasteiger partial charge >= 0.3 is 0 Å². The molecule has 3 rings (SSSR count). The summed E-state index contributed by atoms with van der Waals surface area (Å²) in [5, 5.41) is 4.51. The highest BCUT2D eigenvalue weighted by Crippen LogP contribution is 2.36. The summed E-state index contributed by atoms with van der Waals surface area (Å²) in [6, 6.07) is 3.86. The molecule has 0 aromatic carbocycles. The highest BCUT2D eigenvalue weighted by molar-refractivity contribution is 5.94. The Hall–Kier alpha value is -2.37. The fourth-order valence-electron chi connectivity index (χ4n) is 3.53. The highest BCUT2D eigenvalue weighted by Gasteiger charge is 2.34. The van der Waals surface area contributed by atoms with E-state index in [0.29, 0.717) is 5.56 Å². The van der Waals surface area contributed by atoms with Gasteiger partial charge in [0.2, 0.25) is 0 Å². The van der Waals surface area contributed by atoms with E-state index in [0.717, 1.165) is 36.6 Å². The number of pyridine rings is 1. The summed E-state index contributed by atoms with van der Waals surface area (Å²) in [7, 11) is 5.83. The van der Waals surface area contributed by atoms with Crippen LogP contribution in [-0.2, 0) is 7.05 Å². The van der Waals surface area contributed by atoms with E-state index in [1.165, 1.54) is 5.56 Å². The van der Waals surface area contributed by atoms with Gasteiger partial charge in [0.15, 0.2) is 0 Å². The van der Waals surface area contributed by atoms with E-state index in [-0.39, 0.29) is 11.9 Å². The predicted octanol–water partition coefficient (Wildman–Crippen LogP) is 2.48. The lowest BCUT2D eigenvalue weighted by Gasteiger charge is -2.25. The number of hydrogen-bond acceptors (Lipinski definition) is 4. The van der Waals surface area contributed by atoms with Crippen LogP contribution in [0.5, 0.6) is 0 Å². The van der Waals surface area contributed by atoms with Gasteiger partial charge in [0.1, 0.15) is 5.82 Å². The first kappa shape index (κ1) is 16.5. The van der Waals surface area contributed by atoms with E-state index >= 15 is 0 Å². The zero-order valence-corrected chi connectivity index (χ0v) is 15.1. The summed E-state index contributed by atoms with van der Waals surface area (Å²) in [6.45, 7) is 4.88. The second kappa shape index (κ2) is 6.26. The van der Waals surface area contributed by atoms with Crippen molar-refractivity contribution in [3.05, 3.63) is 40.8 Å². The third kappa shape index (κ3) is 2.77. The average Bonchev–Trinajstić information content (AvgIpc) is 3.12. The Morgan fingerprint density at radius 2 is 2.04 bits per heavy atom. The molecule has 1 saturated heterocycles. The summed E-state index contributed by atoms with van der Waals surface area (Å²) in [6.07, 6.45) is 3.69. The van der Waals surface area contributed by atoms with E-state index in [1.807, 2.05) is 54.7 Å². The summed E-state index contributed by atoms with van der Waals surface area (Å²) >= 11 is 0. The lowest BCUT2D eigenvalue weighted by atomic mass is 10.0. The van der Waals surface area contributed by atoms with Gasteiger partial charge < -0.3 is 9.80 Å². The molecular formula is C18H25N5O. The molecule has 2 aromatic rings. The van der Waals surface area contributed by atoms with Gasteiger partial charge in [-0.3, -0.25) is 9.48 Å². The fourth-order valence-corrected chi connectivity index (χ4v) is 3.53. The fraction of sp³-hybridized carbons (Fsp3) is 0.500. The van der Waals surface area contributed by atoms with Crippen molar-refractivity contribution in [3.8, 4) is 0 Å². The first-order valence-corrected chi connectivity index (χ1v) is 8.34. The molecule has 6 heteroatoms.